The van der Waals surface area contributed by atoms with Crippen LogP contribution in [-0.4, -0.2) is 70.8 Å². The van der Waals surface area contributed by atoms with Crippen molar-refractivity contribution in [3.05, 3.63) is 53.4 Å². The molecule has 0 saturated carbocycles. The Morgan fingerprint density at radius 2 is 1.82 bits per heavy atom. The Balaban J connectivity index is 1.23. The van der Waals surface area contributed by atoms with Crippen LogP contribution in [0.1, 0.15) is 32.1 Å². The van der Waals surface area contributed by atoms with Gasteiger partial charge in [-0.15, -0.1) is 0 Å². The molecule has 4 fully saturated rings. The molecule has 0 amide bonds. The number of nitrogens with one attached hydrogen (secondary N) is 1. The van der Waals surface area contributed by atoms with Crippen LogP contribution < -0.4 is 15.0 Å². The van der Waals surface area contributed by atoms with E-state index in [4.69, 9.17) is 21.3 Å². The van der Waals surface area contributed by atoms with Crippen LogP contribution in [0.5, 0.6) is 6.01 Å². The fourth-order valence-electron chi connectivity index (χ4n) is 7.54. The predicted octanol–water partition coefficient (Wildman–Crippen LogP) is 5.44. The number of fused-ring (bicyclic) bond motifs is 5. The summed E-state index contributed by atoms with van der Waals surface area (Å²) in [6.07, 6.45) is 7.61. The van der Waals surface area contributed by atoms with Gasteiger partial charge in [-0.3, -0.25) is 9.88 Å². The molecule has 6 heterocycles. The predicted molar refractivity (Wildman–Crippen MR) is 156 cm³/mol. The van der Waals surface area contributed by atoms with Crippen LogP contribution in [0.4, 0.5) is 10.2 Å². The molecule has 4 saturated heterocycles. The minimum Gasteiger partial charge on any atom is -0.463 e. The Bertz CT molecular complexity index is 1600. The van der Waals surface area contributed by atoms with E-state index in [1.165, 1.54) is 19.4 Å². The Kier molecular flexibility index (Phi) is 6.04. The van der Waals surface area contributed by atoms with Crippen LogP contribution in [0.3, 0.4) is 0 Å². The van der Waals surface area contributed by atoms with Crippen molar-refractivity contribution in [2.45, 2.75) is 50.2 Å². The van der Waals surface area contributed by atoms with Crippen molar-refractivity contribution in [2.75, 3.05) is 37.7 Å². The molecule has 2 aromatic carbocycles. The Morgan fingerprint density at radius 1 is 1.00 bits per heavy atom. The molecular formula is C31H32ClFN6O. The second-order valence-corrected chi connectivity index (χ2v) is 12.2. The van der Waals surface area contributed by atoms with Gasteiger partial charge in [0.05, 0.1) is 12.0 Å². The van der Waals surface area contributed by atoms with Crippen LogP contribution in [-0.2, 0) is 0 Å². The molecule has 9 heteroatoms. The van der Waals surface area contributed by atoms with E-state index in [1.54, 1.807) is 6.20 Å². The van der Waals surface area contributed by atoms with Gasteiger partial charge in [0.2, 0.25) is 0 Å². The third-order valence-electron chi connectivity index (χ3n) is 9.44. The first-order valence-electron chi connectivity index (χ1n) is 14.5. The summed E-state index contributed by atoms with van der Waals surface area (Å²) in [5.74, 6) is 0.691. The van der Waals surface area contributed by atoms with Gasteiger partial charge in [0.15, 0.2) is 5.82 Å². The Labute approximate surface area is 237 Å². The molecule has 1 N–H and O–H groups in total. The van der Waals surface area contributed by atoms with Gasteiger partial charge in [0.1, 0.15) is 17.0 Å². The van der Waals surface area contributed by atoms with Crippen molar-refractivity contribution in [3.63, 3.8) is 0 Å². The standard InChI is InChI=1S/C31H32ClFN6O/c32-24-7-2-5-18-4-1-6-22(26(18)24)28-27(33)29-23(14-34-28)30(39-15-20-9-10-21(16-39)35-20)37-31(36-29)40-17-19-11-13-38-12-3-8-25(19)38/h1-2,4-7,14,19-21,25,35H,3,8-13,15-17H2/t19?,20-,21+,25?. The molecule has 206 valence electrons. The number of rotatable bonds is 5. The maximum Gasteiger partial charge on any atom is 0.319 e. The smallest absolute Gasteiger partial charge is 0.319 e. The molecule has 8 rings (SSSR count). The zero-order valence-corrected chi connectivity index (χ0v) is 23.1. The van der Waals surface area contributed by atoms with Crippen molar-refractivity contribution >= 4 is 39.1 Å². The minimum absolute atomic E-state index is 0.236. The van der Waals surface area contributed by atoms with Crippen LogP contribution >= 0.6 is 11.6 Å². The summed E-state index contributed by atoms with van der Waals surface area (Å²) in [4.78, 5) is 19.1. The van der Waals surface area contributed by atoms with Crippen LogP contribution in [0.15, 0.2) is 42.6 Å². The van der Waals surface area contributed by atoms with Gasteiger partial charge in [-0.2, -0.15) is 9.97 Å². The lowest BCUT2D eigenvalue weighted by Gasteiger charge is -2.34. The van der Waals surface area contributed by atoms with E-state index < -0.39 is 5.82 Å². The van der Waals surface area contributed by atoms with Crippen molar-refractivity contribution in [2.24, 2.45) is 5.92 Å². The summed E-state index contributed by atoms with van der Waals surface area (Å²) >= 11 is 6.60. The summed E-state index contributed by atoms with van der Waals surface area (Å²) in [7, 11) is 0. The summed E-state index contributed by atoms with van der Waals surface area (Å²) in [6.45, 7) is 4.51. The number of benzene rings is 2. The van der Waals surface area contributed by atoms with E-state index in [9.17, 15) is 0 Å². The van der Waals surface area contributed by atoms with E-state index in [1.807, 2.05) is 36.4 Å². The van der Waals surface area contributed by atoms with Gasteiger partial charge >= 0.3 is 6.01 Å². The van der Waals surface area contributed by atoms with Gasteiger partial charge < -0.3 is 15.0 Å². The highest BCUT2D eigenvalue weighted by Gasteiger charge is 2.38. The monoisotopic (exact) mass is 558 g/mol. The molecular weight excluding hydrogens is 527 g/mol. The first-order chi connectivity index (χ1) is 19.6. The minimum atomic E-state index is -0.473. The summed E-state index contributed by atoms with van der Waals surface area (Å²) in [5.41, 5.74) is 1.13. The number of ether oxygens (including phenoxy) is 1. The third-order valence-corrected chi connectivity index (χ3v) is 9.76. The van der Waals surface area contributed by atoms with Gasteiger partial charge in [-0.05, 0) is 56.6 Å². The normalized spacial score (nSPS) is 26.2. The molecule has 4 aliphatic heterocycles. The molecule has 2 aromatic heterocycles. The van der Waals surface area contributed by atoms with Gasteiger partial charge in [-0.1, -0.05) is 41.9 Å². The van der Waals surface area contributed by atoms with Gasteiger partial charge in [0.25, 0.3) is 0 Å². The number of piperazine rings is 1. The zero-order chi connectivity index (χ0) is 26.8. The van der Waals surface area contributed by atoms with E-state index in [-0.39, 0.29) is 17.2 Å². The molecule has 7 nitrogen and oxygen atoms in total. The highest BCUT2D eigenvalue weighted by molar-refractivity contribution is 6.36. The Hall–Kier alpha value is -3.07. The second kappa shape index (κ2) is 9.79. The fraction of sp³-hybridized carbons (Fsp3) is 0.452. The highest BCUT2D eigenvalue weighted by Crippen LogP contribution is 2.38. The van der Waals surface area contributed by atoms with E-state index in [0.29, 0.717) is 52.4 Å². The number of pyridine rings is 1. The van der Waals surface area contributed by atoms with Crippen molar-refractivity contribution in [3.8, 4) is 17.3 Å². The van der Waals surface area contributed by atoms with Crippen molar-refractivity contribution < 1.29 is 9.13 Å². The maximum absolute atomic E-state index is 16.5. The van der Waals surface area contributed by atoms with E-state index in [2.05, 4.69) is 25.1 Å². The lowest BCUT2D eigenvalue weighted by molar-refractivity contribution is 0.197. The summed E-state index contributed by atoms with van der Waals surface area (Å²) < 4.78 is 22.8. The number of hydrogen-bond donors (Lipinski definition) is 1. The molecule has 2 unspecified atom stereocenters. The van der Waals surface area contributed by atoms with Gasteiger partial charge in [-0.25, -0.2) is 4.39 Å². The molecule has 2 bridgehead atoms. The SMILES string of the molecule is Fc1c(-c2cccc3cccc(Cl)c23)ncc2c(N3C[C@H]4CC[C@@H](C3)N4)nc(OCC3CCN4CCCC34)nc12. The lowest BCUT2D eigenvalue weighted by atomic mass is 9.99. The molecule has 0 aliphatic carbocycles. The first-order valence-corrected chi connectivity index (χ1v) is 14.9. The lowest BCUT2D eigenvalue weighted by Crippen LogP contribution is -2.51. The summed E-state index contributed by atoms with van der Waals surface area (Å²) in [6, 6.07) is 13.1. The average Bonchev–Trinajstić information content (AvgIpc) is 3.68. The van der Waals surface area contributed by atoms with Crippen LogP contribution in [0, 0.1) is 11.7 Å². The second-order valence-electron chi connectivity index (χ2n) is 11.8. The largest absolute Gasteiger partial charge is 0.463 e. The van der Waals surface area contributed by atoms with Crippen molar-refractivity contribution in [1.29, 1.82) is 0 Å². The summed E-state index contributed by atoms with van der Waals surface area (Å²) in [5, 5.41) is 6.58. The topological polar surface area (TPSA) is 66.4 Å². The van der Waals surface area contributed by atoms with Crippen LogP contribution in [0.2, 0.25) is 5.02 Å². The number of anilines is 1. The number of nitrogens with zero attached hydrogens (tertiary/aromatic N) is 5. The number of aromatic nitrogens is 3. The fourth-order valence-corrected chi connectivity index (χ4v) is 7.82. The zero-order valence-electron chi connectivity index (χ0n) is 22.3. The van der Waals surface area contributed by atoms with Gasteiger partial charge in [0, 0.05) is 59.3 Å². The molecule has 40 heavy (non-hydrogen) atoms. The van der Waals surface area contributed by atoms with Crippen LogP contribution in [0.25, 0.3) is 32.9 Å². The van der Waals surface area contributed by atoms with Crippen molar-refractivity contribution in [1.82, 2.24) is 25.2 Å². The van der Waals surface area contributed by atoms with E-state index >= 15 is 4.39 Å². The number of hydrogen-bond acceptors (Lipinski definition) is 7. The maximum atomic E-state index is 16.5. The number of halogens is 2. The highest BCUT2D eigenvalue weighted by atomic mass is 35.5. The van der Waals surface area contributed by atoms with E-state index in [0.717, 1.165) is 49.7 Å². The quantitative estimate of drug-likeness (QED) is 0.350. The third kappa shape index (κ3) is 4.11. The molecule has 4 atom stereocenters. The molecule has 4 aromatic rings. The molecule has 0 radical (unpaired) electrons. The first kappa shape index (κ1) is 24.7. The average molecular weight is 559 g/mol. The Morgan fingerprint density at radius 3 is 2.67 bits per heavy atom. The molecule has 0 spiro atoms. The molecule has 4 aliphatic rings.